The number of nitriles is 1. The van der Waals surface area contributed by atoms with Gasteiger partial charge in [-0.05, 0) is 55.4 Å². The van der Waals surface area contributed by atoms with Crippen molar-refractivity contribution >= 4 is 29.1 Å². The molecule has 0 bridgehead atoms. The van der Waals surface area contributed by atoms with E-state index in [1.807, 2.05) is 17.8 Å². The van der Waals surface area contributed by atoms with Gasteiger partial charge in [-0.3, -0.25) is 0 Å². The SMILES string of the molecule is N#Cc1ccc(Cl)cc1NC1CCOC2(CCSCC2)C1. The highest BCUT2D eigenvalue weighted by atomic mass is 35.5. The Balaban J connectivity index is 1.73. The van der Waals surface area contributed by atoms with Crippen molar-refractivity contribution in [2.75, 3.05) is 23.4 Å². The van der Waals surface area contributed by atoms with Crippen molar-refractivity contribution in [1.29, 1.82) is 5.26 Å². The highest BCUT2D eigenvalue weighted by Gasteiger charge is 2.38. The largest absolute Gasteiger partial charge is 0.381 e. The van der Waals surface area contributed by atoms with E-state index in [0.717, 1.165) is 38.0 Å². The molecule has 112 valence electrons. The number of nitrogens with zero attached hydrogens (tertiary/aromatic N) is 1. The van der Waals surface area contributed by atoms with Gasteiger partial charge < -0.3 is 10.1 Å². The molecule has 0 amide bonds. The third kappa shape index (κ3) is 3.48. The van der Waals surface area contributed by atoms with Crippen LogP contribution in [0.1, 0.15) is 31.2 Å². The summed E-state index contributed by atoms with van der Waals surface area (Å²) in [5.41, 5.74) is 1.54. The van der Waals surface area contributed by atoms with E-state index in [4.69, 9.17) is 16.3 Å². The molecular weight excluding hydrogens is 304 g/mol. The molecule has 3 rings (SSSR count). The van der Waals surface area contributed by atoms with Crippen molar-refractivity contribution in [2.24, 2.45) is 0 Å². The Morgan fingerprint density at radius 1 is 1.38 bits per heavy atom. The number of hydrogen-bond acceptors (Lipinski definition) is 4. The molecule has 1 unspecified atom stereocenters. The first-order valence-electron chi connectivity index (χ1n) is 7.39. The van der Waals surface area contributed by atoms with Gasteiger partial charge in [0.2, 0.25) is 0 Å². The minimum absolute atomic E-state index is 0.0482. The zero-order valence-corrected chi connectivity index (χ0v) is 13.5. The van der Waals surface area contributed by atoms with Crippen molar-refractivity contribution < 1.29 is 4.74 Å². The average molecular weight is 323 g/mol. The normalized spacial score (nSPS) is 24.5. The van der Waals surface area contributed by atoms with Crippen molar-refractivity contribution in [3.63, 3.8) is 0 Å². The van der Waals surface area contributed by atoms with Gasteiger partial charge in [0.25, 0.3) is 0 Å². The Kier molecular flexibility index (Phi) is 4.63. The van der Waals surface area contributed by atoms with Gasteiger partial charge in [0, 0.05) is 17.7 Å². The van der Waals surface area contributed by atoms with Crippen LogP contribution in [0.2, 0.25) is 5.02 Å². The van der Waals surface area contributed by atoms with Gasteiger partial charge in [-0.25, -0.2) is 0 Å². The summed E-state index contributed by atoms with van der Waals surface area (Å²) < 4.78 is 6.11. The maximum absolute atomic E-state index is 9.22. The summed E-state index contributed by atoms with van der Waals surface area (Å²) >= 11 is 8.07. The smallest absolute Gasteiger partial charge is 0.101 e. The van der Waals surface area contributed by atoms with Crippen LogP contribution in [0.4, 0.5) is 5.69 Å². The lowest BCUT2D eigenvalue weighted by atomic mass is 9.85. The molecule has 2 fully saturated rings. The van der Waals surface area contributed by atoms with Crippen molar-refractivity contribution in [3.05, 3.63) is 28.8 Å². The minimum Gasteiger partial charge on any atom is -0.381 e. The predicted octanol–water partition coefficient (Wildman–Crippen LogP) is 4.07. The number of rotatable bonds is 2. The Morgan fingerprint density at radius 3 is 2.95 bits per heavy atom. The van der Waals surface area contributed by atoms with Gasteiger partial charge >= 0.3 is 0 Å². The molecule has 2 aliphatic heterocycles. The number of benzene rings is 1. The van der Waals surface area contributed by atoms with Crippen LogP contribution in [0.15, 0.2) is 18.2 Å². The number of halogens is 1. The fraction of sp³-hybridized carbons (Fsp3) is 0.562. The first-order valence-corrected chi connectivity index (χ1v) is 8.92. The molecule has 1 aromatic carbocycles. The molecule has 0 aliphatic carbocycles. The standard InChI is InChI=1S/C16H19ClN2OS/c17-13-2-1-12(11-18)15(9-13)19-14-3-6-20-16(10-14)4-7-21-8-5-16/h1-2,9,14,19H,3-8,10H2. The van der Waals surface area contributed by atoms with Crippen LogP contribution in [0, 0.1) is 11.3 Å². The van der Waals surface area contributed by atoms with Crippen molar-refractivity contribution in [1.82, 2.24) is 0 Å². The highest BCUT2D eigenvalue weighted by molar-refractivity contribution is 7.99. The number of anilines is 1. The second kappa shape index (κ2) is 6.48. The molecule has 2 heterocycles. The van der Waals surface area contributed by atoms with E-state index in [0.29, 0.717) is 16.6 Å². The average Bonchev–Trinajstić information content (AvgIpc) is 2.48. The summed E-state index contributed by atoms with van der Waals surface area (Å²) in [7, 11) is 0. The zero-order chi connectivity index (χ0) is 14.7. The van der Waals surface area contributed by atoms with Gasteiger partial charge in [-0.15, -0.1) is 0 Å². The minimum atomic E-state index is 0.0482. The summed E-state index contributed by atoms with van der Waals surface area (Å²) in [4.78, 5) is 0. The second-order valence-corrected chi connectivity index (χ2v) is 7.44. The molecule has 1 aromatic rings. The van der Waals surface area contributed by atoms with Gasteiger partial charge in [0.1, 0.15) is 6.07 Å². The number of nitrogens with one attached hydrogen (secondary N) is 1. The lowest BCUT2D eigenvalue weighted by molar-refractivity contribution is -0.0865. The molecule has 1 spiro atoms. The van der Waals surface area contributed by atoms with Crippen LogP contribution in [-0.2, 0) is 4.74 Å². The summed E-state index contributed by atoms with van der Waals surface area (Å²) in [6, 6.07) is 7.96. The molecule has 1 atom stereocenters. The van der Waals surface area contributed by atoms with Gasteiger partial charge in [-0.1, -0.05) is 11.6 Å². The molecule has 21 heavy (non-hydrogen) atoms. The Hall–Kier alpha value is -0.890. The summed E-state index contributed by atoms with van der Waals surface area (Å²) in [5, 5.41) is 13.4. The number of thioether (sulfide) groups is 1. The third-order valence-corrected chi connectivity index (χ3v) is 5.58. The van der Waals surface area contributed by atoms with Crippen LogP contribution in [-0.4, -0.2) is 29.8 Å². The van der Waals surface area contributed by atoms with Crippen molar-refractivity contribution in [2.45, 2.75) is 37.3 Å². The topological polar surface area (TPSA) is 45.0 Å². The van der Waals surface area contributed by atoms with Crippen LogP contribution >= 0.6 is 23.4 Å². The lowest BCUT2D eigenvalue weighted by Crippen LogP contribution is -2.46. The quantitative estimate of drug-likeness (QED) is 0.891. The van der Waals surface area contributed by atoms with E-state index in [1.54, 1.807) is 12.1 Å². The Labute approximate surface area is 135 Å². The molecule has 3 nitrogen and oxygen atoms in total. The lowest BCUT2D eigenvalue weighted by Gasteiger charge is -2.43. The second-order valence-electron chi connectivity index (χ2n) is 5.78. The van der Waals surface area contributed by atoms with E-state index >= 15 is 0 Å². The summed E-state index contributed by atoms with van der Waals surface area (Å²) in [6.45, 7) is 0.796. The summed E-state index contributed by atoms with van der Waals surface area (Å²) in [5.74, 6) is 2.38. The predicted molar refractivity (Wildman–Crippen MR) is 88.1 cm³/mol. The van der Waals surface area contributed by atoms with E-state index in [-0.39, 0.29) is 5.60 Å². The zero-order valence-electron chi connectivity index (χ0n) is 11.9. The Bertz CT molecular complexity index is 546. The van der Waals surface area contributed by atoms with Crippen LogP contribution in [0.3, 0.4) is 0 Å². The fourth-order valence-corrected chi connectivity index (χ4v) is 4.61. The molecule has 0 radical (unpaired) electrons. The van der Waals surface area contributed by atoms with Gasteiger partial charge in [0.15, 0.2) is 0 Å². The molecule has 1 N–H and O–H groups in total. The Morgan fingerprint density at radius 2 is 2.19 bits per heavy atom. The molecule has 0 aromatic heterocycles. The molecule has 0 saturated carbocycles. The molecule has 2 saturated heterocycles. The molecule has 5 heteroatoms. The highest BCUT2D eigenvalue weighted by Crippen LogP contribution is 2.38. The number of ether oxygens (including phenoxy) is 1. The van der Waals surface area contributed by atoms with E-state index in [2.05, 4.69) is 11.4 Å². The van der Waals surface area contributed by atoms with Crippen molar-refractivity contribution in [3.8, 4) is 6.07 Å². The van der Waals surface area contributed by atoms with E-state index in [1.165, 1.54) is 11.5 Å². The molecular formula is C16H19ClN2OS. The maximum atomic E-state index is 9.22. The van der Waals surface area contributed by atoms with Crippen LogP contribution in [0.5, 0.6) is 0 Å². The monoisotopic (exact) mass is 322 g/mol. The first kappa shape index (κ1) is 15.0. The molecule has 2 aliphatic rings. The van der Waals surface area contributed by atoms with Crippen LogP contribution in [0.25, 0.3) is 0 Å². The first-order chi connectivity index (χ1) is 10.2. The third-order valence-electron chi connectivity index (χ3n) is 4.36. The van der Waals surface area contributed by atoms with Gasteiger partial charge in [-0.2, -0.15) is 17.0 Å². The maximum Gasteiger partial charge on any atom is 0.101 e. The number of hydrogen-bond donors (Lipinski definition) is 1. The van der Waals surface area contributed by atoms with E-state index in [9.17, 15) is 5.26 Å². The fourth-order valence-electron chi connectivity index (χ4n) is 3.20. The summed E-state index contributed by atoms with van der Waals surface area (Å²) in [6.07, 6.45) is 4.27. The van der Waals surface area contributed by atoms with E-state index < -0.39 is 0 Å². The van der Waals surface area contributed by atoms with Crippen LogP contribution < -0.4 is 5.32 Å². The van der Waals surface area contributed by atoms with Gasteiger partial charge in [0.05, 0.1) is 16.9 Å².